The summed E-state index contributed by atoms with van der Waals surface area (Å²) >= 11 is 0. The van der Waals surface area contributed by atoms with Crippen LogP contribution in [0.5, 0.6) is 0 Å². The molecule has 1 saturated carbocycles. The number of carbonyl (C=O) groups excluding carboxylic acids is 1. The Hall–Kier alpha value is -0.570. The highest BCUT2D eigenvalue weighted by Crippen LogP contribution is 2.28. The van der Waals surface area contributed by atoms with Crippen LogP contribution in [0.3, 0.4) is 0 Å². The van der Waals surface area contributed by atoms with Gasteiger partial charge in [-0.15, -0.1) is 0 Å². The summed E-state index contributed by atoms with van der Waals surface area (Å²) in [5, 5.41) is 2.18. The molecular weight excluding hydrogens is 224 g/mol. The van der Waals surface area contributed by atoms with Crippen molar-refractivity contribution in [2.75, 3.05) is 0 Å². The summed E-state index contributed by atoms with van der Waals surface area (Å²) < 4.78 is 0. The third kappa shape index (κ3) is 3.71. The molecule has 2 aliphatic rings. The van der Waals surface area contributed by atoms with Crippen LogP contribution in [0, 0.1) is 5.92 Å². The van der Waals surface area contributed by atoms with E-state index in [-0.39, 0.29) is 5.91 Å². The fraction of sp³-hybridized carbons (Fsp3) is 0.933. The van der Waals surface area contributed by atoms with Crippen molar-refractivity contribution < 1.29 is 4.79 Å². The lowest BCUT2D eigenvalue weighted by Crippen LogP contribution is -2.54. The summed E-state index contributed by atoms with van der Waals surface area (Å²) in [6.07, 6.45) is 10.9. The van der Waals surface area contributed by atoms with E-state index in [2.05, 4.69) is 24.3 Å². The van der Waals surface area contributed by atoms with Crippen LogP contribution in [-0.4, -0.2) is 23.0 Å². The number of rotatable bonds is 4. The summed E-state index contributed by atoms with van der Waals surface area (Å²) in [7, 11) is 0. The Morgan fingerprint density at radius 2 is 1.67 bits per heavy atom. The van der Waals surface area contributed by atoms with Gasteiger partial charge in [0.2, 0.25) is 5.91 Å². The number of carbonyl (C=O) groups is 1. The summed E-state index contributed by atoms with van der Waals surface area (Å²) in [6.45, 7) is 4.43. The van der Waals surface area contributed by atoms with Gasteiger partial charge in [-0.2, -0.15) is 0 Å². The van der Waals surface area contributed by atoms with E-state index in [9.17, 15) is 4.79 Å². The molecule has 0 aromatic rings. The van der Waals surface area contributed by atoms with Gasteiger partial charge in [0.1, 0.15) is 0 Å². The molecule has 2 fully saturated rings. The molecule has 0 aromatic carbocycles. The number of piperidine rings is 1. The maximum atomic E-state index is 12.0. The maximum absolute atomic E-state index is 12.0. The minimum Gasteiger partial charge on any atom is -0.288 e. The molecule has 0 spiro atoms. The van der Waals surface area contributed by atoms with Gasteiger partial charge in [0, 0.05) is 18.5 Å². The van der Waals surface area contributed by atoms with Crippen LogP contribution in [-0.2, 0) is 4.79 Å². The van der Waals surface area contributed by atoms with Crippen molar-refractivity contribution in [1.82, 2.24) is 10.4 Å². The SMILES string of the molecule is CC1CCCC(C)N1NC(=O)CCC1CCCC1. The molecule has 0 aromatic heterocycles. The molecule has 1 N–H and O–H groups in total. The van der Waals surface area contributed by atoms with E-state index in [4.69, 9.17) is 0 Å². The fourth-order valence-corrected chi connectivity index (χ4v) is 3.48. The maximum Gasteiger partial charge on any atom is 0.234 e. The molecule has 18 heavy (non-hydrogen) atoms. The lowest BCUT2D eigenvalue weighted by atomic mass is 9.99. The predicted octanol–water partition coefficient (Wildman–Crippen LogP) is 3.25. The molecule has 2 unspecified atom stereocenters. The zero-order valence-corrected chi connectivity index (χ0v) is 12.0. The molecule has 1 heterocycles. The second-order valence-corrected chi connectivity index (χ2v) is 6.26. The van der Waals surface area contributed by atoms with Gasteiger partial charge in [-0.25, -0.2) is 5.01 Å². The highest BCUT2D eigenvalue weighted by Gasteiger charge is 2.26. The lowest BCUT2D eigenvalue weighted by Gasteiger charge is -2.38. The monoisotopic (exact) mass is 252 g/mol. The van der Waals surface area contributed by atoms with Crippen LogP contribution in [0.2, 0.25) is 0 Å². The van der Waals surface area contributed by atoms with Gasteiger partial charge in [-0.1, -0.05) is 32.1 Å². The molecule has 3 heteroatoms. The normalized spacial score (nSPS) is 30.6. The Labute approximate surface area is 111 Å². The van der Waals surface area contributed by atoms with E-state index >= 15 is 0 Å². The minimum absolute atomic E-state index is 0.225. The zero-order valence-electron chi connectivity index (χ0n) is 12.0. The Morgan fingerprint density at radius 1 is 1.06 bits per heavy atom. The van der Waals surface area contributed by atoms with Gasteiger partial charge in [0.05, 0.1) is 0 Å². The Kier molecular flexibility index (Phi) is 5.04. The van der Waals surface area contributed by atoms with Gasteiger partial charge in [0.25, 0.3) is 0 Å². The van der Waals surface area contributed by atoms with Crippen LogP contribution in [0.4, 0.5) is 0 Å². The molecule has 0 radical (unpaired) electrons. The summed E-state index contributed by atoms with van der Waals surface area (Å²) in [6, 6.07) is 0.980. The van der Waals surface area contributed by atoms with Crippen LogP contribution >= 0.6 is 0 Å². The number of hydrazine groups is 1. The van der Waals surface area contributed by atoms with Gasteiger partial charge < -0.3 is 0 Å². The lowest BCUT2D eigenvalue weighted by molar-refractivity contribution is -0.129. The van der Waals surface area contributed by atoms with Crippen LogP contribution in [0.25, 0.3) is 0 Å². The van der Waals surface area contributed by atoms with Gasteiger partial charge in [0.15, 0.2) is 0 Å². The Balaban J connectivity index is 1.71. The molecule has 0 bridgehead atoms. The first-order chi connectivity index (χ1) is 8.66. The van der Waals surface area contributed by atoms with Crippen molar-refractivity contribution in [2.24, 2.45) is 5.92 Å². The highest BCUT2D eigenvalue weighted by molar-refractivity contribution is 5.75. The molecule has 2 rings (SSSR count). The quantitative estimate of drug-likeness (QED) is 0.833. The molecule has 1 amide bonds. The third-order valence-electron chi connectivity index (χ3n) is 4.70. The first-order valence-corrected chi connectivity index (χ1v) is 7.74. The van der Waals surface area contributed by atoms with Crippen LogP contribution in [0.15, 0.2) is 0 Å². The Bertz CT molecular complexity index is 264. The average molecular weight is 252 g/mol. The Morgan fingerprint density at radius 3 is 2.28 bits per heavy atom. The van der Waals surface area contributed by atoms with Crippen molar-refractivity contribution in [3.63, 3.8) is 0 Å². The van der Waals surface area contributed by atoms with Crippen molar-refractivity contribution in [1.29, 1.82) is 0 Å². The summed E-state index contributed by atoms with van der Waals surface area (Å²) in [5.41, 5.74) is 3.14. The van der Waals surface area contributed by atoms with Crippen molar-refractivity contribution in [3.8, 4) is 0 Å². The van der Waals surface area contributed by atoms with Crippen LogP contribution < -0.4 is 5.43 Å². The second kappa shape index (κ2) is 6.55. The van der Waals surface area contributed by atoms with Gasteiger partial charge in [-0.05, 0) is 39.0 Å². The fourth-order valence-electron chi connectivity index (χ4n) is 3.48. The van der Waals surface area contributed by atoms with Crippen molar-refractivity contribution in [2.45, 2.75) is 83.7 Å². The van der Waals surface area contributed by atoms with Crippen molar-refractivity contribution >= 4 is 5.91 Å². The molecular formula is C15H28N2O. The number of hydrogen-bond acceptors (Lipinski definition) is 2. The molecule has 1 aliphatic heterocycles. The topological polar surface area (TPSA) is 32.3 Å². The van der Waals surface area contributed by atoms with E-state index in [0.29, 0.717) is 18.5 Å². The highest BCUT2D eigenvalue weighted by atomic mass is 16.2. The number of nitrogens with zero attached hydrogens (tertiary/aromatic N) is 1. The molecule has 3 nitrogen and oxygen atoms in total. The first-order valence-electron chi connectivity index (χ1n) is 7.74. The molecule has 2 atom stereocenters. The number of amides is 1. The molecule has 104 valence electrons. The average Bonchev–Trinajstić information content (AvgIpc) is 2.84. The summed E-state index contributed by atoms with van der Waals surface area (Å²) in [4.78, 5) is 12.0. The predicted molar refractivity (Wildman–Crippen MR) is 73.9 cm³/mol. The van der Waals surface area contributed by atoms with Gasteiger partial charge in [-0.3, -0.25) is 10.2 Å². The standard InChI is InChI=1S/C15H28N2O/c1-12-6-5-7-13(2)17(12)16-15(18)11-10-14-8-3-4-9-14/h12-14H,3-11H2,1-2H3,(H,16,18). The van der Waals surface area contributed by atoms with Gasteiger partial charge >= 0.3 is 0 Å². The number of hydrogen-bond donors (Lipinski definition) is 1. The van der Waals surface area contributed by atoms with E-state index in [0.717, 1.165) is 12.3 Å². The van der Waals surface area contributed by atoms with E-state index in [1.54, 1.807) is 0 Å². The second-order valence-electron chi connectivity index (χ2n) is 6.26. The van der Waals surface area contributed by atoms with E-state index < -0.39 is 0 Å². The van der Waals surface area contributed by atoms with Crippen molar-refractivity contribution in [3.05, 3.63) is 0 Å². The van der Waals surface area contributed by atoms with E-state index in [1.807, 2.05) is 0 Å². The van der Waals surface area contributed by atoms with E-state index in [1.165, 1.54) is 44.9 Å². The largest absolute Gasteiger partial charge is 0.288 e. The minimum atomic E-state index is 0.225. The molecule has 1 saturated heterocycles. The zero-order chi connectivity index (χ0) is 13.0. The smallest absolute Gasteiger partial charge is 0.234 e. The third-order valence-corrected chi connectivity index (χ3v) is 4.70. The summed E-state index contributed by atoms with van der Waals surface area (Å²) in [5.74, 6) is 1.04. The first kappa shape index (κ1) is 13.9. The van der Waals surface area contributed by atoms with Crippen LogP contribution in [0.1, 0.15) is 71.6 Å². The molecule has 1 aliphatic carbocycles. The number of nitrogens with one attached hydrogen (secondary N) is 1.